The van der Waals surface area contributed by atoms with E-state index in [1.807, 2.05) is 48.8 Å². The summed E-state index contributed by atoms with van der Waals surface area (Å²) >= 11 is 0. The number of anilines is 1. The molecule has 0 spiro atoms. The maximum atomic E-state index is 11.5. The van der Waals surface area contributed by atoms with Crippen molar-refractivity contribution in [1.82, 2.24) is 4.98 Å². The summed E-state index contributed by atoms with van der Waals surface area (Å²) in [5.74, 6) is 0.864. The lowest BCUT2D eigenvalue weighted by Gasteiger charge is -2.28. The molecule has 1 N–H and O–H groups in total. The van der Waals surface area contributed by atoms with Crippen molar-refractivity contribution >= 4 is 5.95 Å². The zero-order valence-electron chi connectivity index (χ0n) is 17.1. The number of hydrogen-bond acceptors (Lipinski definition) is 3. The topological polar surface area (TPSA) is 40.2 Å². The molecule has 1 aromatic heterocycles. The minimum absolute atomic E-state index is 0. The Labute approximate surface area is 180 Å². The molecule has 0 bridgehead atoms. The van der Waals surface area contributed by atoms with E-state index < -0.39 is 5.72 Å². The molecule has 1 atom stereocenters. The molecule has 4 nitrogen and oxygen atoms in total. The van der Waals surface area contributed by atoms with E-state index in [9.17, 15) is 5.11 Å². The smallest absolute Gasteiger partial charge is 0.396 e. The van der Waals surface area contributed by atoms with Crippen molar-refractivity contribution in [3.05, 3.63) is 54.4 Å². The first-order chi connectivity index (χ1) is 13.3. The van der Waals surface area contributed by atoms with Crippen molar-refractivity contribution in [2.24, 2.45) is 0 Å². The molecule has 1 aliphatic rings. The van der Waals surface area contributed by atoms with Crippen LogP contribution >= 0.6 is 0 Å². The number of hydrogen-bond donors (Lipinski definition) is 1. The SMILES string of the molecule is CCCCCCCCCCCN1c2nccc[n+]2CC1(O)c1ccccc1.[Br-]. The van der Waals surface area contributed by atoms with Gasteiger partial charge in [-0.25, -0.2) is 9.47 Å². The standard InChI is InChI=1S/C23H34N3O.BrH/c1-2-3-4-5-6-7-8-9-13-19-26-22-24-17-14-18-25(22)20-23(26,27)21-15-11-10-12-16-21;/h10-12,14-18,27H,2-9,13,19-20H2,1H3;1H/q+1;/p-1. The Morgan fingerprint density at radius 1 is 0.964 bits per heavy atom. The number of halogens is 1. The maximum Gasteiger partial charge on any atom is 0.396 e. The Bertz CT molecular complexity index is 697. The second-order valence-electron chi connectivity index (χ2n) is 7.71. The predicted molar refractivity (Wildman–Crippen MR) is 109 cm³/mol. The first-order valence-corrected chi connectivity index (χ1v) is 10.7. The second kappa shape index (κ2) is 11.5. The van der Waals surface area contributed by atoms with Gasteiger partial charge in [0.2, 0.25) is 5.72 Å². The Kier molecular flexibility index (Phi) is 9.39. The lowest BCUT2D eigenvalue weighted by molar-refractivity contribution is -0.685. The highest BCUT2D eigenvalue weighted by Crippen LogP contribution is 2.33. The zero-order valence-corrected chi connectivity index (χ0v) is 18.6. The molecule has 0 saturated carbocycles. The number of fused-ring (bicyclic) bond motifs is 1. The lowest BCUT2D eigenvalue weighted by Crippen LogP contribution is -3.00. The molecule has 154 valence electrons. The molecule has 0 fully saturated rings. The molecular formula is C23H34BrN3O. The van der Waals surface area contributed by atoms with Gasteiger partial charge in [-0.2, -0.15) is 0 Å². The predicted octanol–water partition coefficient (Wildman–Crippen LogP) is 1.57. The van der Waals surface area contributed by atoms with Gasteiger partial charge in [0.15, 0.2) is 0 Å². The van der Waals surface area contributed by atoms with E-state index in [4.69, 9.17) is 0 Å². The van der Waals surface area contributed by atoms with Crippen LogP contribution in [0.15, 0.2) is 48.8 Å². The van der Waals surface area contributed by atoms with Crippen molar-refractivity contribution in [3.8, 4) is 0 Å². The number of unbranched alkanes of at least 4 members (excludes halogenated alkanes) is 8. The fourth-order valence-corrected chi connectivity index (χ4v) is 4.05. The normalized spacial score (nSPS) is 18.0. The summed E-state index contributed by atoms with van der Waals surface area (Å²) in [5.41, 5.74) is -0.0746. The third-order valence-corrected chi connectivity index (χ3v) is 5.60. The van der Waals surface area contributed by atoms with Crippen LogP contribution in [-0.2, 0) is 12.3 Å². The number of nitrogens with zero attached hydrogens (tertiary/aromatic N) is 3. The van der Waals surface area contributed by atoms with Crippen LogP contribution in [0.1, 0.15) is 70.3 Å². The average molecular weight is 448 g/mol. The first-order valence-electron chi connectivity index (χ1n) is 10.7. The van der Waals surface area contributed by atoms with Gasteiger partial charge in [-0.3, -0.25) is 0 Å². The highest BCUT2D eigenvalue weighted by molar-refractivity contribution is 5.37. The summed E-state index contributed by atoms with van der Waals surface area (Å²) in [6, 6.07) is 11.9. The fraction of sp³-hybridized carbons (Fsp3) is 0.565. The molecule has 0 saturated heterocycles. The van der Waals surface area contributed by atoms with Gasteiger partial charge in [-0.05, 0) is 6.42 Å². The van der Waals surface area contributed by atoms with Gasteiger partial charge < -0.3 is 22.1 Å². The van der Waals surface area contributed by atoms with Crippen LogP contribution in [0.2, 0.25) is 0 Å². The summed E-state index contributed by atoms with van der Waals surface area (Å²) < 4.78 is 2.06. The second-order valence-corrected chi connectivity index (χ2v) is 7.71. The summed E-state index contributed by atoms with van der Waals surface area (Å²) in [7, 11) is 0. The van der Waals surface area contributed by atoms with Crippen LogP contribution in [0, 0.1) is 0 Å². The van der Waals surface area contributed by atoms with Crippen molar-refractivity contribution < 1.29 is 26.7 Å². The summed E-state index contributed by atoms with van der Waals surface area (Å²) in [6.45, 7) is 3.62. The van der Waals surface area contributed by atoms with Crippen molar-refractivity contribution in [2.75, 3.05) is 11.4 Å². The van der Waals surface area contributed by atoms with E-state index in [2.05, 4.69) is 21.4 Å². The fourth-order valence-electron chi connectivity index (χ4n) is 4.05. The van der Waals surface area contributed by atoms with Crippen molar-refractivity contribution in [2.45, 2.75) is 77.0 Å². The Morgan fingerprint density at radius 2 is 1.61 bits per heavy atom. The van der Waals surface area contributed by atoms with Crippen LogP contribution in [0.25, 0.3) is 0 Å². The molecule has 2 aromatic rings. The van der Waals surface area contributed by atoms with Gasteiger partial charge in [0.05, 0.1) is 12.7 Å². The molecular weight excluding hydrogens is 414 g/mol. The monoisotopic (exact) mass is 447 g/mol. The van der Waals surface area contributed by atoms with Crippen LogP contribution in [0.3, 0.4) is 0 Å². The minimum atomic E-state index is -1.01. The summed E-state index contributed by atoms with van der Waals surface area (Å²) in [4.78, 5) is 6.63. The van der Waals surface area contributed by atoms with Crippen molar-refractivity contribution in [3.63, 3.8) is 0 Å². The number of aromatic nitrogens is 2. The van der Waals surface area contributed by atoms with Gasteiger partial charge in [-0.1, -0.05) is 93.6 Å². The van der Waals surface area contributed by atoms with Gasteiger partial charge in [0.1, 0.15) is 12.7 Å². The molecule has 3 rings (SSSR count). The molecule has 5 heteroatoms. The van der Waals surface area contributed by atoms with Gasteiger partial charge in [0.25, 0.3) is 0 Å². The Balaban J connectivity index is 0.00000280. The average Bonchev–Trinajstić information content (AvgIpc) is 3.00. The molecule has 1 aliphatic heterocycles. The van der Waals surface area contributed by atoms with E-state index in [1.54, 1.807) is 0 Å². The molecule has 0 amide bonds. The number of aliphatic hydroxyl groups is 1. The van der Waals surface area contributed by atoms with Gasteiger partial charge >= 0.3 is 5.95 Å². The number of benzene rings is 1. The molecule has 28 heavy (non-hydrogen) atoms. The van der Waals surface area contributed by atoms with Crippen molar-refractivity contribution in [1.29, 1.82) is 0 Å². The van der Waals surface area contributed by atoms with E-state index in [-0.39, 0.29) is 17.0 Å². The first kappa shape index (κ1) is 22.8. The minimum Gasteiger partial charge on any atom is -1.00 e. The molecule has 0 radical (unpaired) electrons. The summed E-state index contributed by atoms with van der Waals surface area (Å²) in [5, 5.41) is 11.5. The van der Waals surface area contributed by atoms with E-state index in [1.165, 1.54) is 51.4 Å². The van der Waals surface area contributed by atoms with Crippen LogP contribution in [0.5, 0.6) is 0 Å². The van der Waals surface area contributed by atoms with Gasteiger partial charge in [-0.15, -0.1) is 0 Å². The highest BCUT2D eigenvalue weighted by Gasteiger charge is 2.50. The van der Waals surface area contributed by atoms with Crippen LogP contribution < -0.4 is 26.4 Å². The quantitative estimate of drug-likeness (QED) is 0.419. The zero-order chi connectivity index (χ0) is 19.0. The molecule has 1 unspecified atom stereocenters. The molecule has 2 heterocycles. The van der Waals surface area contributed by atoms with E-state index >= 15 is 0 Å². The molecule has 1 aromatic carbocycles. The lowest BCUT2D eigenvalue weighted by atomic mass is 10.0. The third kappa shape index (κ3) is 5.54. The third-order valence-electron chi connectivity index (χ3n) is 5.60. The van der Waals surface area contributed by atoms with Gasteiger partial charge in [0, 0.05) is 11.6 Å². The largest absolute Gasteiger partial charge is 1.00 e. The Morgan fingerprint density at radius 3 is 2.29 bits per heavy atom. The molecule has 0 aliphatic carbocycles. The van der Waals surface area contributed by atoms with Crippen LogP contribution in [-0.4, -0.2) is 16.6 Å². The highest BCUT2D eigenvalue weighted by atomic mass is 79.9. The van der Waals surface area contributed by atoms with E-state index in [0.717, 1.165) is 24.5 Å². The number of rotatable bonds is 11. The summed E-state index contributed by atoms with van der Waals surface area (Å²) in [6.07, 6.45) is 15.5. The van der Waals surface area contributed by atoms with Crippen LogP contribution in [0.4, 0.5) is 5.95 Å². The maximum absolute atomic E-state index is 11.5. The Hall–Kier alpha value is -1.46. The van der Waals surface area contributed by atoms with E-state index in [0.29, 0.717) is 6.54 Å².